The highest BCUT2D eigenvalue weighted by Gasteiger charge is 2.25. The van der Waals surface area contributed by atoms with Crippen LogP contribution in [-0.2, 0) is 9.53 Å². The molecule has 0 aliphatic carbocycles. The van der Waals surface area contributed by atoms with E-state index < -0.39 is 35.3 Å². The van der Waals surface area contributed by atoms with Crippen molar-refractivity contribution >= 4 is 17.6 Å². The van der Waals surface area contributed by atoms with Crippen molar-refractivity contribution in [3.8, 4) is 0 Å². The Morgan fingerprint density at radius 2 is 1.71 bits per heavy atom. The molecule has 0 saturated carbocycles. The van der Waals surface area contributed by atoms with Crippen molar-refractivity contribution in [1.82, 2.24) is 0 Å². The van der Waals surface area contributed by atoms with Crippen molar-refractivity contribution in [3.05, 3.63) is 52.5 Å². The predicted molar refractivity (Wildman–Crippen MR) is 82.8 cm³/mol. The number of furan rings is 1. The van der Waals surface area contributed by atoms with Crippen LogP contribution in [0.2, 0.25) is 0 Å². The van der Waals surface area contributed by atoms with Gasteiger partial charge in [-0.25, -0.2) is 13.6 Å². The van der Waals surface area contributed by atoms with E-state index in [1.165, 1.54) is 13.0 Å². The first kappa shape index (κ1) is 17.7. The minimum atomic E-state index is -1.24. The number of halogens is 2. The SMILES string of the molecule is Cc1oc(C)c(C(=O)O[C@@H](C)C(=O)Nc2c(F)cccc2F)c1C. The molecule has 7 heteroatoms. The number of carbonyl (C=O) groups excluding carboxylic acids is 2. The third-order valence-corrected chi connectivity index (χ3v) is 3.63. The number of anilines is 1. The van der Waals surface area contributed by atoms with Gasteiger partial charge in [-0.15, -0.1) is 0 Å². The van der Waals surface area contributed by atoms with E-state index in [9.17, 15) is 18.4 Å². The van der Waals surface area contributed by atoms with Crippen molar-refractivity contribution in [1.29, 1.82) is 0 Å². The minimum Gasteiger partial charge on any atom is -0.465 e. The number of amides is 1. The fraction of sp³-hybridized carbons (Fsp3) is 0.294. The third-order valence-electron chi connectivity index (χ3n) is 3.63. The molecule has 0 saturated heterocycles. The zero-order valence-corrected chi connectivity index (χ0v) is 13.7. The van der Waals surface area contributed by atoms with Gasteiger partial charge in [0.05, 0.1) is 0 Å². The number of hydrogen-bond acceptors (Lipinski definition) is 4. The molecule has 2 aromatic rings. The zero-order valence-electron chi connectivity index (χ0n) is 13.7. The zero-order chi connectivity index (χ0) is 18.0. The van der Waals surface area contributed by atoms with Crippen molar-refractivity contribution in [2.45, 2.75) is 33.8 Å². The second kappa shape index (κ2) is 6.82. The largest absolute Gasteiger partial charge is 0.465 e. The highest BCUT2D eigenvalue weighted by molar-refractivity contribution is 5.98. The van der Waals surface area contributed by atoms with Gasteiger partial charge in [0.15, 0.2) is 6.10 Å². The summed E-state index contributed by atoms with van der Waals surface area (Å²) in [5, 5.41) is 2.08. The maximum absolute atomic E-state index is 13.5. The number of hydrogen-bond donors (Lipinski definition) is 1. The summed E-state index contributed by atoms with van der Waals surface area (Å²) in [4.78, 5) is 24.2. The van der Waals surface area contributed by atoms with Gasteiger partial charge in [0.1, 0.15) is 34.4 Å². The first-order valence-corrected chi connectivity index (χ1v) is 7.24. The molecule has 0 fully saturated rings. The molecule has 0 radical (unpaired) electrons. The van der Waals surface area contributed by atoms with Crippen LogP contribution in [0.25, 0.3) is 0 Å². The van der Waals surface area contributed by atoms with Crippen molar-refractivity contribution in [3.63, 3.8) is 0 Å². The lowest BCUT2D eigenvalue weighted by atomic mass is 10.1. The van der Waals surface area contributed by atoms with Crippen molar-refractivity contribution < 1.29 is 27.5 Å². The molecule has 128 valence electrons. The van der Waals surface area contributed by atoms with E-state index in [1.807, 2.05) is 0 Å². The van der Waals surface area contributed by atoms with Crippen LogP contribution in [0.5, 0.6) is 0 Å². The Kier molecular flexibility index (Phi) is 5.02. The average Bonchev–Trinajstić information content (AvgIpc) is 2.75. The van der Waals surface area contributed by atoms with Gasteiger partial charge in [0.25, 0.3) is 5.91 Å². The maximum atomic E-state index is 13.5. The number of carbonyl (C=O) groups is 2. The molecule has 0 spiro atoms. The molecule has 5 nitrogen and oxygen atoms in total. The van der Waals surface area contributed by atoms with E-state index in [-0.39, 0.29) is 5.56 Å². The summed E-state index contributed by atoms with van der Waals surface area (Å²) in [6.07, 6.45) is -1.24. The lowest BCUT2D eigenvalue weighted by Crippen LogP contribution is -2.30. The van der Waals surface area contributed by atoms with E-state index in [0.29, 0.717) is 17.1 Å². The molecule has 24 heavy (non-hydrogen) atoms. The number of nitrogens with one attached hydrogen (secondary N) is 1. The number of rotatable bonds is 4. The smallest absolute Gasteiger partial charge is 0.342 e. The van der Waals surface area contributed by atoms with Crippen LogP contribution in [0.4, 0.5) is 14.5 Å². The lowest BCUT2D eigenvalue weighted by molar-refractivity contribution is -0.123. The molecular weight excluding hydrogens is 320 g/mol. The number of benzene rings is 1. The molecule has 1 aromatic carbocycles. The van der Waals surface area contributed by atoms with Gasteiger partial charge in [-0.2, -0.15) is 0 Å². The van der Waals surface area contributed by atoms with Crippen LogP contribution in [0.3, 0.4) is 0 Å². The normalized spacial score (nSPS) is 11.9. The Balaban J connectivity index is 2.10. The maximum Gasteiger partial charge on any atom is 0.342 e. The molecule has 1 amide bonds. The van der Waals surface area contributed by atoms with Crippen molar-refractivity contribution in [2.75, 3.05) is 5.32 Å². The van der Waals surface area contributed by atoms with Crippen LogP contribution in [-0.4, -0.2) is 18.0 Å². The number of esters is 1. The second-order valence-electron chi connectivity index (χ2n) is 5.35. The molecule has 0 aliphatic heterocycles. The van der Waals surface area contributed by atoms with Crippen LogP contribution in [0, 0.1) is 32.4 Å². The molecule has 1 heterocycles. The Hall–Kier alpha value is -2.70. The van der Waals surface area contributed by atoms with Gasteiger partial charge in [0.2, 0.25) is 0 Å². The summed E-state index contributed by atoms with van der Waals surface area (Å²) in [6.45, 7) is 6.32. The topological polar surface area (TPSA) is 68.5 Å². The Morgan fingerprint density at radius 3 is 2.21 bits per heavy atom. The Morgan fingerprint density at radius 1 is 1.12 bits per heavy atom. The lowest BCUT2D eigenvalue weighted by Gasteiger charge is -2.14. The second-order valence-corrected chi connectivity index (χ2v) is 5.35. The highest BCUT2D eigenvalue weighted by Crippen LogP contribution is 2.22. The quantitative estimate of drug-likeness (QED) is 0.865. The summed E-state index contributed by atoms with van der Waals surface area (Å²) in [7, 11) is 0. The monoisotopic (exact) mass is 337 g/mol. The summed E-state index contributed by atoms with van der Waals surface area (Å²) < 4.78 is 37.5. The third kappa shape index (κ3) is 3.45. The van der Waals surface area contributed by atoms with E-state index in [1.54, 1.807) is 20.8 Å². The molecule has 2 rings (SSSR count). The number of ether oxygens (including phenoxy) is 1. The number of para-hydroxylation sites is 1. The molecule has 0 aliphatic rings. The van der Waals surface area contributed by atoms with E-state index in [0.717, 1.165) is 12.1 Å². The summed E-state index contributed by atoms with van der Waals surface area (Å²) in [5.74, 6) is -2.47. The molecule has 0 bridgehead atoms. The van der Waals surface area contributed by atoms with Crippen LogP contribution >= 0.6 is 0 Å². The van der Waals surface area contributed by atoms with Gasteiger partial charge in [-0.3, -0.25) is 4.79 Å². The summed E-state index contributed by atoms with van der Waals surface area (Å²) in [5.41, 5.74) is 0.270. The molecule has 1 atom stereocenters. The summed E-state index contributed by atoms with van der Waals surface area (Å²) >= 11 is 0. The van der Waals surface area contributed by atoms with Crippen LogP contribution < -0.4 is 5.32 Å². The van der Waals surface area contributed by atoms with Gasteiger partial charge in [-0.05, 0) is 39.8 Å². The molecule has 1 N–H and O–H groups in total. The molecule has 1 aromatic heterocycles. The first-order valence-electron chi connectivity index (χ1n) is 7.24. The fourth-order valence-corrected chi connectivity index (χ4v) is 2.21. The minimum absolute atomic E-state index is 0.240. The van der Waals surface area contributed by atoms with Gasteiger partial charge in [0, 0.05) is 5.56 Å². The average molecular weight is 337 g/mol. The van der Waals surface area contributed by atoms with Gasteiger partial charge < -0.3 is 14.5 Å². The molecular formula is C17H17F2NO4. The van der Waals surface area contributed by atoms with Crippen molar-refractivity contribution in [2.24, 2.45) is 0 Å². The fourth-order valence-electron chi connectivity index (χ4n) is 2.21. The van der Waals surface area contributed by atoms with Gasteiger partial charge in [-0.1, -0.05) is 6.07 Å². The predicted octanol–water partition coefficient (Wildman–Crippen LogP) is 3.67. The highest BCUT2D eigenvalue weighted by atomic mass is 19.1. The van der Waals surface area contributed by atoms with E-state index in [2.05, 4.69) is 5.32 Å². The van der Waals surface area contributed by atoms with Crippen LogP contribution in [0.15, 0.2) is 22.6 Å². The standard InChI is InChI=1S/C17H17F2NO4/c1-8-9(2)23-10(3)14(8)17(22)24-11(4)16(21)20-15-12(18)6-5-7-13(15)19/h5-7,11H,1-4H3,(H,20,21)/t11-/m0/s1. The van der Waals surface area contributed by atoms with E-state index >= 15 is 0 Å². The van der Waals surface area contributed by atoms with Gasteiger partial charge >= 0.3 is 5.97 Å². The number of aryl methyl sites for hydroxylation is 2. The molecule has 0 unspecified atom stereocenters. The Bertz CT molecular complexity index is 778. The first-order chi connectivity index (χ1) is 11.2. The Labute approximate surface area is 137 Å². The van der Waals surface area contributed by atoms with Crippen LogP contribution in [0.1, 0.15) is 34.4 Å². The summed E-state index contributed by atoms with van der Waals surface area (Å²) in [6, 6.07) is 3.20. The van der Waals surface area contributed by atoms with E-state index in [4.69, 9.17) is 9.15 Å².